The van der Waals surface area contributed by atoms with Gasteiger partial charge in [-0.3, -0.25) is 9.59 Å². The molecule has 2 aromatic rings. The summed E-state index contributed by atoms with van der Waals surface area (Å²) in [4.78, 5) is 30.0. The highest BCUT2D eigenvalue weighted by Gasteiger charge is 2.44. The summed E-state index contributed by atoms with van der Waals surface area (Å²) in [6, 6.07) is 14.0. The standard InChI is InChI=1S/C22H20Cl2N2O3/c23-16-9-4-10-17(19(16)24)26-21(28)18(15-7-2-1-3-8-15)20(22(26)29)25-11-5-6-14(12-25)13-27/h1-4,7-10,14,27H,5-6,11-13H2. The largest absolute Gasteiger partial charge is 0.396 e. The fourth-order valence-corrected chi connectivity index (χ4v) is 4.36. The number of nitrogens with zero attached hydrogens (tertiary/aromatic N) is 2. The molecule has 2 aliphatic heterocycles. The molecule has 150 valence electrons. The Morgan fingerprint density at radius 2 is 1.76 bits per heavy atom. The summed E-state index contributed by atoms with van der Waals surface area (Å²) in [6.45, 7) is 1.23. The van der Waals surface area contributed by atoms with Gasteiger partial charge in [0.05, 0.1) is 21.3 Å². The van der Waals surface area contributed by atoms with Crippen molar-refractivity contribution in [3.8, 4) is 0 Å². The van der Waals surface area contributed by atoms with Gasteiger partial charge in [-0.2, -0.15) is 0 Å². The Labute approximate surface area is 179 Å². The predicted octanol–water partition coefficient (Wildman–Crippen LogP) is 3.98. The zero-order valence-electron chi connectivity index (χ0n) is 15.6. The second-order valence-electron chi connectivity index (χ2n) is 7.25. The summed E-state index contributed by atoms with van der Waals surface area (Å²) in [6.07, 6.45) is 1.74. The lowest BCUT2D eigenvalue weighted by Gasteiger charge is -2.34. The molecule has 2 heterocycles. The van der Waals surface area contributed by atoms with Crippen molar-refractivity contribution < 1.29 is 14.7 Å². The maximum Gasteiger partial charge on any atom is 0.282 e. The van der Waals surface area contributed by atoms with E-state index in [0.29, 0.717) is 29.9 Å². The number of aliphatic hydroxyl groups is 1. The first-order valence-electron chi connectivity index (χ1n) is 9.51. The van der Waals surface area contributed by atoms with E-state index in [1.165, 1.54) is 0 Å². The smallest absolute Gasteiger partial charge is 0.282 e. The van der Waals surface area contributed by atoms with Crippen LogP contribution in [0.2, 0.25) is 10.0 Å². The summed E-state index contributed by atoms with van der Waals surface area (Å²) in [5.41, 5.74) is 1.65. The average Bonchev–Trinajstić information content (AvgIpc) is 3.01. The first kappa shape index (κ1) is 20.0. The highest BCUT2D eigenvalue weighted by molar-refractivity contribution is 6.49. The fraction of sp³-hybridized carbons (Fsp3) is 0.273. The Hall–Kier alpha value is -2.34. The second kappa shape index (κ2) is 8.19. The quantitative estimate of drug-likeness (QED) is 0.745. The first-order chi connectivity index (χ1) is 14.0. The Balaban J connectivity index is 1.83. The van der Waals surface area contributed by atoms with Gasteiger partial charge in [0.2, 0.25) is 0 Å². The molecule has 0 aliphatic carbocycles. The van der Waals surface area contributed by atoms with Gasteiger partial charge in [0.15, 0.2) is 0 Å². The minimum absolute atomic E-state index is 0.0520. The summed E-state index contributed by atoms with van der Waals surface area (Å²) in [5.74, 6) is -0.775. The van der Waals surface area contributed by atoms with Crippen LogP contribution in [0.4, 0.5) is 5.69 Å². The Bertz CT molecular complexity index is 991. The number of anilines is 1. The van der Waals surface area contributed by atoms with Gasteiger partial charge in [0.25, 0.3) is 11.8 Å². The third-order valence-electron chi connectivity index (χ3n) is 5.39. The molecule has 1 fully saturated rings. The van der Waals surface area contributed by atoms with Crippen LogP contribution in [0.1, 0.15) is 18.4 Å². The molecule has 4 rings (SSSR count). The highest BCUT2D eigenvalue weighted by Crippen LogP contribution is 2.40. The van der Waals surface area contributed by atoms with Crippen LogP contribution < -0.4 is 4.90 Å². The Morgan fingerprint density at radius 1 is 1.00 bits per heavy atom. The van der Waals surface area contributed by atoms with Gasteiger partial charge >= 0.3 is 0 Å². The first-order valence-corrected chi connectivity index (χ1v) is 10.3. The van der Waals surface area contributed by atoms with Gasteiger partial charge in [-0.05, 0) is 36.5 Å². The maximum atomic E-state index is 13.5. The minimum atomic E-state index is -0.425. The van der Waals surface area contributed by atoms with Crippen LogP contribution in [0, 0.1) is 5.92 Å². The summed E-state index contributed by atoms with van der Waals surface area (Å²) in [7, 11) is 0. The van der Waals surface area contributed by atoms with Gasteiger partial charge in [0, 0.05) is 19.7 Å². The molecule has 2 aromatic carbocycles. The topological polar surface area (TPSA) is 60.9 Å². The number of hydrogen-bond donors (Lipinski definition) is 1. The van der Waals surface area contributed by atoms with Crippen molar-refractivity contribution >= 4 is 46.3 Å². The molecule has 7 heteroatoms. The number of piperidine rings is 1. The van der Waals surface area contributed by atoms with Crippen LogP contribution in [-0.2, 0) is 9.59 Å². The normalized spacial score (nSPS) is 20.0. The van der Waals surface area contributed by atoms with Gasteiger partial charge in [0.1, 0.15) is 5.70 Å². The van der Waals surface area contributed by atoms with E-state index in [9.17, 15) is 14.7 Å². The van der Waals surface area contributed by atoms with Gasteiger partial charge in [-0.15, -0.1) is 0 Å². The number of likely N-dealkylation sites (tertiary alicyclic amines) is 1. The molecule has 5 nitrogen and oxygen atoms in total. The fourth-order valence-electron chi connectivity index (χ4n) is 3.98. The molecule has 29 heavy (non-hydrogen) atoms. The lowest BCUT2D eigenvalue weighted by atomic mass is 9.97. The Morgan fingerprint density at radius 3 is 2.48 bits per heavy atom. The van der Waals surface area contributed by atoms with Gasteiger partial charge < -0.3 is 10.0 Å². The summed E-state index contributed by atoms with van der Waals surface area (Å²) >= 11 is 12.5. The van der Waals surface area contributed by atoms with E-state index in [1.54, 1.807) is 18.2 Å². The van der Waals surface area contributed by atoms with Crippen molar-refractivity contribution in [3.63, 3.8) is 0 Å². The number of benzene rings is 2. The number of rotatable bonds is 4. The summed E-state index contributed by atoms with van der Waals surface area (Å²) in [5, 5.41) is 10.1. The van der Waals surface area contributed by atoms with Gasteiger partial charge in [-0.1, -0.05) is 59.6 Å². The molecule has 1 saturated heterocycles. The van der Waals surface area contributed by atoms with Crippen LogP contribution in [0.5, 0.6) is 0 Å². The SMILES string of the molecule is O=C1C(c2ccccc2)=C(N2CCCC(CO)C2)C(=O)N1c1cccc(Cl)c1Cl. The third kappa shape index (κ3) is 3.54. The van der Waals surface area contributed by atoms with E-state index in [1.807, 2.05) is 35.2 Å². The molecule has 2 amide bonds. The number of hydrogen-bond acceptors (Lipinski definition) is 4. The van der Waals surface area contributed by atoms with Crippen LogP contribution in [-0.4, -0.2) is 41.5 Å². The second-order valence-corrected chi connectivity index (χ2v) is 8.03. The molecule has 0 radical (unpaired) electrons. The number of aliphatic hydroxyl groups excluding tert-OH is 1. The Kier molecular flexibility index (Phi) is 5.63. The lowest BCUT2D eigenvalue weighted by molar-refractivity contribution is -0.120. The van der Waals surface area contributed by atoms with E-state index in [4.69, 9.17) is 23.2 Å². The molecule has 1 atom stereocenters. The van der Waals surface area contributed by atoms with Crippen molar-refractivity contribution in [2.45, 2.75) is 12.8 Å². The monoisotopic (exact) mass is 430 g/mol. The van der Waals surface area contributed by atoms with E-state index < -0.39 is 11.8 Å². The van der Waals surface area contributed by atoms with E-state index in [0.717, 1.165) is 17.7 Å². The van der Waals surface area contributed by atoms with Crippen LogP contribution in [0.3, 0.4) is 0 Å². The highest BCUT2D eigenvalue weighted by atomic mass is 35.5. The minimum Gasteiger partial charge on any atom is -0.396 e. The van der Waals surface area contributed by atoms with Crippen molar-refractivity contribution in [1.82, 2.24) is 4.90 Å². The number of carbonyl (C=O) groups excluding carboxylic acids is 2. The zero-order valence-corrected chi connectivity index (χ0v) is 17.2. The summed E-state index contributed by atoms with van der Waals surface area (Å²) < 4.78 is 0. The average molecular weight is 431 g/mol. The molecule has 2 aliphatic rings. The molecule has 0 spiro atoms. The van der Waals surface area contributed by atoms with Crippen LogP contribution in [0.15, 0.2) is 54.2 Å². The zero-order chi connectivity index (χ0) is 20.5. The molecule has 0 aromatic heterocycles. The van der Waals surface area contributed by atoms with Gasteiger partial charge in [-0.25, -0.2) is 4.90 Å². The third-order valence-corrected chi connectivity index (χ3v) is 6.20. The number of amides is 2. The molecule has 0 saturated carbocycles. The molecular weight excluding hydrogens is 411 g/mol. The predicted molar refractivity (Wildman–Crippen MR) is 114 cm³/mol. The number of carbonyl (C=O) groups is 2. The van der Waals surface area contributed by atoms with Crippen molar-refractivity contribution in [1.29, 1.82) is 0 Å². The van der Waals surface area contributed by atoms with E-state index in [2.05, 4.69) is 0 Å². The van der Waals surface area contributed by atoms with E-state index in [-0.39, 0.29) is 28.3 Å². The molecule has 1 N–H and O–H groups in total. The number of halogens is 2. The number of imide groups is 1. The van der Waals surface area contributed by atoms with Crippen molar-refractivity contribution in [2.24, 2.45) is 5.92 Å². The van der Waals surface area contributed by atoms with E-state index >= 15 is 0 Å². The maximum absolute atomic E-state index is 13.5. The molecule has 1 unspecified atom stereocenters. The van der Waals surface area contributed by atoms with Crippen molar-refractivity contribution in [3.05, 3.63) is 69.8 Å². The lowest BCUT2D eigenvalue weighted by Crippen LogP contribution is -2.40. The van der Waals surface area contributed by atoms with Crippen LogP contribution >= 0.6 is 23.2 Å². The molecular formula is C22H20Cl2N2O3. The molecule has 0 bridgehead atoms. The van der Waals surface area contributed by atoms with Crippen molar-refractivity contribution in [2.75, 3.05) is 24.6 Å². The van der Waals surface area contributed by atoms with Crippen LogP contribution in [0.25, 0.3) is 5.57 Å².